The molecule has 1 aromatic carbocycles. The predicted molar refractivity (Wildman–Crippen MR) is 149 cm³/mol. The minimum Gasteiger partial charge on any atom is -0.504 e. The van der Waals surface area contributed by atoms with Gasteiger partial charge in [-0.3, -0.25) is 24.3 Å². The Morgan fingerprint density at radius 2 is 1.89 bits per heavy atom. The van der Waals surface area contributed by atoms with Gasteiger partial charge in [-0.2, -0.15) is 0 Å². The highest BCUT2D eigenvalue weighted by atomic mass is 127. The molecule has 1 fully saturated rings. The fraction of sp³-hybridized carbons (Fsp3) is 0.240. The van der Waals surface area contributed by atoms with E-state index < -0.39 is 29.3 Å². The van der Waals surface area contributed by atoms with Crippen LogP contribution in [0.3, 0.4) is 0 Å². The van der Waals surface area contributed by atoms with Crippen molar-refractivity contribution >= 4 is 67.4 Å². The number of carbonyl (C=O) groups is 4. The molecule has 1 saturated heterocycles. The van der Waals surface area contributed by atoms with E-state index in [0.717, 1.165) is 12.5 Å². The zero-order chi connectivity index (χ0) is 27.6. The van der Waals surface area contributed by atoms with Crippen LogP contribution in [0.4, 0.5) is 4.79 Å². The summed E-state index contributed by atoms with van der Waals surface area (Å²) in [4.78, 5) is 54.5. The molecule has 2 amide bonds. The summed E-state index contributed by atoms with van der Waals surface area (Å²) in [5.74, 6) is -2.36. The van der Waals surface area contributed by atoms with Crippen LogP contribution in [0.1, 0.15) is 18.1 Å². The molecule has 1 aromatic rings. The van der Waals surface area contributed by atoms with E-state index in [1.165, 1.54) is 28.8 Å². The average Bonchev–Trinajstić information content (AvgIpc) is 2.87. The Balaban J connectivity index is 1.61. The number of hydrogen-bond acceptors (Lipinski definition) is 10. The van der Waals surface area contributed by atoms with Gasteiger partial charge in [0.25, 0.3) is 9.82 Å². The molecule has 4 N–H and O–H groups in total. The van der Waals surface area contributed by atoms with Gasteiger partial charge >= 0.3 is 11.9 Å². The van der Waals surface area contributed by atoms with E-state index in [9.17, 15) is 29.4 Å². The summed E-state index contributed by atoms with van der Waals surface area (Å²) in [6.45, 7) is 1.38. The number of nitrogens with zero attached hydrogens (tertiary/aromatic N) is 2. The average molecular weight is 650 g/mol. The molecule has 0 unspecified atom stereocenters. The van der Waals surface area contributed by atoms with Crippen molar-refractivity contribution in [3.63, 3.8) is 0 Å². The van der Waals surface area contributed by atoms with Crippen LogP contribution in [0.25, 0.3) is 5.57 Å². The van der Waals surface area contributed by atoms with Crippen LogP contribution in [-0.2, 0) is 25.7 Å². The number of nitrogens with one attached hydrogen (secondary N) is 2. The van der Waals surface area contributed by atoms with E-state index in [0.29, 0.717) is 28.2 Å². The first-order valence-electron chi connectivity index (χ1n) is 11.3. The quantitative estimate of drug-likeness (QED) is 0.0908. The van der Waals surface area contributed by atoms with Crippen LogP contribution in [0.15, 0.2) is 70.4 Å². The number of fused-ring (bicyclic) bond motifs is 1. The molecule has 2 atom stereocenters. The standard InChI is InChI=1S/C25H23IN4O7S/c1-12(31)37-24(35)21-16(11-38-23-20(29-25(26)36)22(34)30(21)23)14-5-3-13(4-6-14)9-28-17-8-19(33)18(32)7-15(17)10-27-2/h3-8,10,20,23,27,32-33H,9,11H2,1-2H3,(H,29,36)/b15-10-,28-17+/t20-,23-/m1/s1. The zero-order valence-corrected chi connectivity index (χ0v) is 23.2. The summed E-state index contributed by atoms with van der Waals surface area (Å²) in [7, 11) is 1.71. The highest BCUT2D eigenvalue weighted by Crippen LogP contribution is 2.43. The number of aliphatic hydroxyl groups excluding tert-OH is 2. The van der Waals surface area contributed by atoms with Gasteiger partial charge in [0.1, 0.15) is 17.1 Å². The van der Waals surface area contributed by atoms with Crippen molar-refractivity contribution in [3.05, 3.63) is 76.5 Å². The molecule has 2 aliphatic heterocycles. The van der Waals surface area contributed by atoms with Gasteiger partial charge in [-0.15, -0.1) is 11.8 Å². The van der Waals surface area contributed by atoms with Crippen LogP contribution in [0.5, 0.6) is 0 Å². The Kier molecular flexibility index (Phi) is 8.26. The topological polar surface area (TPSA) is 158 Å². The first-order valence-corrected chi connectivity index (χ1v) is 13.4. The molecule has 3 aliphatic rings. The van der Waals surface area contributed by atoms with Gasteiger partial charge in [0.05, 0.1) is 12.3 Å². The van der Waals surface area contributed by atoms with E-state index in [-0.39, 0.29) is 27.7 Å². The summed E-state index contributed by atoms with van der Waals surface area (Å²) in [6, 6.07) is 6.43. The highest BCUT2D eigenvalue weighted by Gasteiger charge is 2.54. The zero-order valence-electron chi connectivity index (χ0n) is 20.2. The molecule has 1 aliphatic carbocycles. The second kappa shape index (κ2) is 11.4. The molecule has 0 spiro atoms. The molecule has 11 nitrogen and oxygen atoms in total. The smallest absolute Gasteiger partial charge is 0.363 e. The molecule has 2 heterocycles. The van der Waals surface area contributed by atoms with Gasteiger partial charge in [0.2, 0.25) is 0 Å². The van der Waals surface area contributed by atoms with E-state index in [2.05, 4.69) is 15.6 Å². The largest absolute Gasteiger partial charge is 0.504 e. The number of ether oxygens (including phenoxy) is 1. The number of esters is 2. The molecule has 198 valence electrons. The lowest BCUT2D eigenvalue weighted by Gasteiger charge is -2.49. The van der Waals surface area contributed by atoms with Crippen molar-refractivity contribution in [2.75, 3.05) is 12.8 Å². The minimum absolute atomic E-state index is 0.0165. The predicted octanol–water partition coefficient (Wildman–Crippen LogP) is 2.86. The Morgan fingerprint density at radius 1 is 1.21 bits per heavy atom. The van der Waals surface area contributed by atoms with Gasteiger partial charge in [0, 0.05) is 65.7 Å². The number of allylic oxidation sites excluding steroid dienone is 3. The number of carbonyl (C=O) groups excluding carboxylic acids is 4. The van der Waals surface area contributed by atoms with Gasteiger partial charge in [-0.25, -0.2) is 4.79 Å². The number of amides is 2. The molecular weight excluding hydrogens is 627 g/mol. The number of aliphatic hydroxyl groups is 2. The summed E-state index contributed by atoms with van der Waals surface area (Å²) < 4.78 is 4.44. The Morgan fingerprint density at radius 3 is 2.53 bits per heavy atom. The molecule has 38 heavy (non-hydrogen) atoms. The second-order valence-electron chi connectivity index (χ2n) is 8.36. The molecule has 0 radical (unpaired) electrons. The van der Waals surface area contributed by atoms with Crippen LogP contribution in [0.2, 0.25) is 0 Å². The summed E-state index contributed by atoms with van der Waals surface area (Å²) >= 11 is 2.94. The summed E-state index contributed by atoms with van der Waals surface area (Å²) in [6.07, 6.45) is 4.43. The van der Waals surface area contributed by atoms with E-state index in [1.54, 1.807) is 48.0 Å². The number of halogens is 1. The third-order valence-corrected chi connectivity index (χ3v) is 7.42. The lowest BCUT2D eigenvalue weighted by molar-refractivity contribution is -0.159. The maximum Gasteiger partial charge on any atom is 0.363 e. The first kappa shape index (κ1) is 27.4. The number of thioether (sulfide) groups is 1. The Hall–Kier alpha value is -3.59. The number of hydrogen-bond donors (Lipinski definition) is 4. The Bertz CT molecular complexity index is 1360. The summed E-state index contributed by atoms with van der Waals surface area (Å²) in [5, 5.41) is 24.6. The lowest BCUT2D eigenvalue weighted by Crippen LogP contribution is -2.70. The van der Waals surface area contributed by atoms with Crippen LogP contribution in [0, 0.1) is 0 Å². The molecule has 0 saturated carbocycles. The van der Waals surface area contributed by atoms with Gasteiger partial charge in [-0.1, -0.05) is 24.3 Å². The number of aliphatic imine (C=N–C) groups is 1. The van der Waals surface area contributed by atoms with Crippen molar-refractivity contribution in [2.24, 2.45) is 4.99 Å². The third-order valence-electron chi connectivity index (χ3n) is 5.83. The van der Waals surface area contributed by atoms with E-state index in [4.69, 9.17) is 4.74 Å². The van der Waals surface area contributed by atoms with Gasteiger partial charge < -0.3 is 25.6 Å². The first-order chi connectivity index (χ1) is 18.1. The fourth-order valence-electron chi connectivity index (χ4n) is 4.11. The van der Waals surface area contributed by atoms with E-state index >= 15 is 0 Å². The SMILES string of the molecule is CN/C=C1/C=C(O)C(O)=C/C1=N\Cc1ccc(C2=C(C(=O)OC(C)=O)N3C(=O)[C@@H](NC(=O)I)[C@H]3SC2)cc1. The van der Waals surface area contributed by atoms with Gasteiger partial charge in [-0.05, 0) is 17.2 Å². The number of rotatable bonds is 6. The van der Waals surface area contributed by atoms with Crippen molar-refractivity contribution in [2.45, 2.75) is 24.9 Å². The third kappa shape index (κ3) is 5.62. The van der Waals surface area contributed by atoms with Gasteiger partial charge in [0.15, 0.2) is 11.5 Å². The minimum atomic E-state index is -0.926. The van der Waals surface area contributed by atoms with Crippen molar-refractivity contribution in [3.8, 4) is 0 Å². The highest BCUT2D eigenvalue weighted by molar-refractivity contribution is 14.1. The van der Waals surface area contributed by atoms with E-state index in [1.807, 2.05) is 12.1 Å². The normalized spacial score (nSPS) is 22.8. The molecule has 0 bridgehead atoms. The molecular formula is C25H23IN4O7S. The summed E-state index contributed by atoms with van der Waals surface area (Å²) in [5.41, 5.74) is 3.09. The molecule has 0 aromatic heterocycles. The van der Waals surface area contributed by atoms with Crippen molar-refractivity contribution < 1.29 is 34.1 Å². The monoisotopic (exact) mass is 650 g/mol. The molecule has 13 heteroatoms. The lowest BCUT2D eigenvalue weighted by atomic mass is 9.98. The van der Waals surface area contributed by atoms with Crippen molar-refractivity contribution in [1.29, 1.82) is 0 Å². The van der Waals surface area contributed by atoms with Crippen LogP contribution < -0.4 is 10.6 Å². The van der Waals surface area contributed by atoms with Crippen LogP contribution >= 0.6 is 34.4 Å². The maximum absolute atomic E-state index is 12.9. The number of benzene rings is 1. The second-order valence-corrected chi connectivity index (χ2v) is 10.4. The van der Waals surface area contributed by atoms with Crippen LogP contribution in [-0.4, -0.2) is 66.8 Å². The number of β-lactam (4-membered cyclic amide) rings is 1. The Labute approximate surface area is 235 Å². The fourth-order valence-corrected chi connectivity index (χ4v) is 5.82. The molecule has 4 rings (SSSR count). The maximum atomic E-state index is 12.9. The van der Waals surface area contributed by atoms with Crippen molar-refractivity contribution in [1.82, 2.24) is 15.5 Å².